The number of amides is 1. The van der Waals surface area contributed by atoms with Gasteiger partial charge in [0.15, 0.2) is 5.79 Å². The minimum atomic E-state index is -0.319. The molecule has 1 saturated heterocycles. The summed E-state index contributed by atoms with van der Waals surface area (Å²) in [6.45, 7) is 1.42. The molecular formula is C11H19NO3S. The van der Waals surface area contributed by atoms with Gasteiger partial charge in [-0.25, -0.2) is 0 Å². The van der Waals surface area contributed by atoms with Crippen LogP contribution in [0.15, 0.2) is 0 Å². The lowest BCUT2D eigenvalue weighted by atomic mass is 9.90. The molecule has 1 aliphatic heterocycles. The molecule has 2 aliphatic rings. The Morgan fingerprint density at radius 1 is 1.38 bits per heavy atom. The zero-order valence-corrected chi connectivity index (χ0v) is 10.5. The van der Waals surface area contributed by atoms with Gasteiger partial charge in [0.05, 0.1) is 19.0 Å². The summed E-state index contributed by atoms with van der Waals surface area (Å²) in [4.78, 5) is 11.4. The van der Waals surface area contributed by atoms with Crippen molar-refractivity contribution in [1.82, 2.24) is 5.32 Å². The van der Waals surface area contributed by atoms with E-state index in [-0.39, 0.29) is 11.7 Å². The van der Waals surface area contributed by atoms with Gasteiger partial charge in [0.25, 0.3) is 0 Å². The molecule has 2 rings (SSSR count). The highest BCUT2D eigenvalue weighted by molar-refractivity contribution is 7.99. The Bertz CT molecular complexity index is 244. The van der Waals surface area contributed by atoms with E-state index in [0.717, 1.165) is 25.7 Å². The number of rotatable bonds is 3. The number of carbonyl (C=O) groups excluding carboxylic acids is 1. The zero-order chi connectivity index (χ0) is 11.4. The van der Waals surface area contributed by atoms with Crippen molar-refractivity contribution in [3.63, 3.8) is 0 Å². The summed E-state index contributed by atoms with van der Waals surface area (Å²) >= 11 is 1.56. The van der Waals surface area contributed by atoms with Crippen molar-refractivity contribution in [3.8, 4) is 0 Å². The van der Waals surface area contributed by atoms with Crippen molar-refractivity contribution in [3.05, 3.63) is 0 Å². The largest absolute Gasteiger partial charge is 0.353 e. The van der Waals surface area contributed by atoms with E-state index in [1.165, 1.54) is 0 Å². The summed E-state index contributed by atoms with van der Waals surface area (Å²) in [5, 5.41) is 3.06. The minimum absolute atomic E-state index is 0.140. The van der Waals surface area contributed by atoms with Gasteiger partial charge in [-0.2, -0.15) is 11.8 Å². The lowest BCUT2D eigenvalue weighted by Gasteiger charge is -2.35. The second-order valence-corrected chi connectivity index (χ2v) is 5.25. The van der Waals surface area contributed by atoms with Crippen LogP contribution >= 0.6 is 11.8 Å². The number of ether oxygens (including phenoxy) is 2. The summed E-state index contributed by atoms with van der Waals surface area (Å²) in [5.74, 6) is 0.372. The van der Waals surface area contributed by atoms with Crippen LogP contribution in [0.2, 0.25) is 0 Å². The quantitative estimate of drug-likeness (QED) is 0.810. The Hall–Kier alpha value is -0.260. The van der Waals surface area contributed by atoms with Gasteiger partial charge in [0, 0.05) is 18.9 Å². The standard InChI is InChI=1S/C11H19NO3S/c1-16-8-10(13)12-9-2-4-11(5-3-9)14-6-7-15-11/h9H,2-8H2,1H3,(H,12,13). The Labute approximate surface area is 100 Å². The van der Waals surface area contributed by atoms with Crippen LogP contribution in [0.4, 0.5) is 0 Å². The fourth-order valence-corrected chi connectivity index (χ4v) is 2.73. The van der Waals surface area contributed by atoms with Gasteiger partial charge < -0.3 is 14.8 Å². The SMILES string of the molecule is CSCC(=O)NC1CCC2(CC1)OCCO2. The van der Waals surface area contributed by atoms with Crippen molar-refractivity contribution in [2.24, 2.45) is 0 Å². The molecular weight excluding hydrogens is 226 g/mol. The number of carbonyl (C=O) groups is 1. The maximum absolute atomic E-state index is 11.4. The van der Waals surface area contributed by atoms with E-state index >= 15 is 0 Å². The van der Waals surface area contributed by atoms with Crippen molar-refractivity contribution in [2.75, 3.05) is 25.2 Å². The molecule has 1 heterocycles. The molecule has 0 aromatic carbocycles. The topological polar surface area (TPSA) is 47.6 Å². The predicted octanol–water partition coefficient (Wildman–Crippen LogP) is 1.15. The summed E-state index contributed by atoms with van der Waals surface area (Å²) in [6, 6.07) is 0.304. The fraction of sp³-hybridized carbons (Fsp3) is 0.909. The van der Waals surface area contributed by atoms with Gasteiger partial charge in [-0.15, -0.1) is 0 Å². The maximum Gasteiger partial charge on any atom is 0.230 e. The molecule has 0 aromatic rings. The van der Waals surface area contributed by atoms with Crippen LogP contribution in [0, 0.1) is 0 Å². The Balaban J connectivity index is 1.74. The van der Waals surface area contributed by atoms with E-state index in [0.29, 0.717) is 25.0 Å². The monoisotopic (exact) mass is 245 g/mol. The van der Waals surface area contributed by atoms with Crippen LogP contribution in [0.5, 0.6) is 0 Å². The molecule has 1 saturated carbocycles. The molecule has 0 aromatic heterocycles. The summed E-state index contributed by atoms with van der Waals surface area (Å²) in [6.07, 6.45) is 5.66. The zero-order valence-electron chi connectivity index (χ0n) is 9.66. The van der Waals surface area contributed by atoms with E-state index < -0.39 is 0 Å². The molecule has 16 heavy (non-hydrogen) atoms. The van der Waals surface area contributed by atoms with Gasteiger partial charge in [-0.05, 0) is 19.1 Å². The first-order chi connectivity index (χ1) is 7.74. The summed E-state index contributed by atoms with van der Waals surface area (Å²) in [7, 11) is 0. The first kappa shape index (κ1) is 12.2. The molecule has 1 amide bonds. The van der Waals surface area contributed by atoms with Crippen LogP contribution in [-0.2, 0) is 14.3 Å². The molecule has 0 radical (unpaired) electrons. The average Bonchev–Trinajstić information content (AvgIpc) is 2.71. The smallest absolute Gasteiger partial charge is 0.230 e. The van der Waals surface area contributed by atoms with Gasteiger partial charge in [0.2, 0.25) is 5.91 Å². The molecule has 1 aliphatic carbocycles. The van der Waals surface area contributed by atoms with Crippen molar-refractivity contribution < 1.29 is 14.3 Å². The highest BCUT2D eigenvalue weighted by atomic mass is 32.2. The molecule has 5 heteroatoms. The Morgan fingerprint density at radius 3 is 2.56 bits per heavy atom. The van der Waals surface area contributed by atoms with E-state index in [9.17, 15) is 4.79 Å². The molecule has 0 bridgehead atoms. The lowest BCUT2D eigenvalue weighted by molar-refractivity contribution is -0.179. The van der Waals surface area contributed by atoms with Gasteiger partial charge >= 0.3 is 0 Å². The van der Waals surface area contributed by atoms with Gasteiger partial charge in [-0.1, -0.05) is 0 Å². The van der Waals surface area contributed by atoms with Crippen LogP contribution in [0.1, 0.15) is 25.7 Å². The third-order valence-corrected chi connectivity index (χ3v) is 3.75. The van der Waals surface area contributed by atoms with Gasteiger partial charge in [0.1, 0.15) is 0 Å². The highest BCUT2D eigenvalue weighted by Crippen LogP contribution is 2.35. The number of nitrogens with one attached hydrogen (secondary N) is 1. The third-order valence-electron chi connectivity index (χ3n) is 3.20. The Morgan fingerprint density at radius 2 is 2.00 bits per heavy atom. The van der Waals surface area contributed by atoms with Crippen LogP contribution in [-0.4, -0.2) is 43.0 Å². The number of hydrogen-bond donors (Lipinski definition) is 1. The minimum Gasteiger partial charge on any atom is -0.353 e. The molecule has 0 atom stereocenters. The molecule has 4 nitrogen and oxygen atoms in total. The molecule has 92 valence electrons. The third kappa shape index (κ3) is 2.90. The van der Waals surface area contributed by atoms with Crippen molar-refractivity contribution in [1.29, 1.82) is 0 Å². The number of hydrogen-bond acceptors (Lipinski definition) is 4. The second-order valence-electron chi connectivity index (χ2n) is 4.38. The van der Waals surface area contributed by atoms with Crippen LogP contribution in [0.3, 0.4) is 0 Å². The number of thioether (sulfide) groups is 1. The van der Waals surface area contributed by atoms with Crippen molar-refractivity contribution >= 4 is 17.7 Å². The van der Waals surface area contributed by atoms with E-state index in [1.54, 1.807) is 11.8 Å². The maximum atomic E-state index is 11.4. The van der Waals surface area contributed by atoms with Crippen molar-refractivity contribution in [2.45, 2.75) is 37.5 Å². The average molecular weight is 245 g/mol. The van der Waals surface area contributed by atoms with Gasteiger partial charge in [-0.3, -0.25) is 4.79 Å². The van der Waals surface area contributed by atoms with E-state index in [4.69, 9.17) is 9.47 Å². The lowest BCUT2D eigenvalue weighted by Crippen LogP contribution is -2.44. The van der Waals surface area contributed by atoms with Crippen LogP contribution in [0.25, 0.3) is 0 Å². The molecule has 0 unspecified atom stereocenters. The molecule has 1 N–H and O–H groups in total. The van der Waals surface area contributed by atoms with E-state index in [2.05, 4.69) is 5.32 Å². The predicted molar refractivity (Wildman–Crippen MR) is 63.4 cm³/mol. The highest BCUT2D eigenvalue weighted by Gasteiger charge is 2.40. The normalized spacial score (nSPS) is 24.8. The first-order valence-corrected chi connectivity index (χ1v) is 7.20. The van der Waals surface area contributed by atoms with Crippen LogP contribution < -0.4 is 5.32 Å². The molecule has 2 fully saturated rings. The Kier molecular flexibility index (Phi) is 4.10. The second kappa shape index (κ2) is 5.38. The first-order valence-electron chi connectivity index (χ1n) is 5.80. The molecule has 1 spiro atoms. The summed E-state index contributed by atoms with van der Waals surface area (Å²) in [5.41, 5.74) is 0. The summed E-state index contributed by atoms with van der Waals surface area (Å²) < 4.78 is 11.3. The fourth-order valence-electron chi connectivity index (χ4n) is 2.39. The van der Waals surface area contributed by atoms with E-state index in [1.807, 2.05) is 6.26 Å².